The van der Waals surface area contributed by atoms with Crippen molar-refractivity contribution >= 4 is 33.4 Å². The summed E-state index contributed by atoms with van der Waals surface area (Å²) < 4.78 is 28.6. The number of halogens is 1. The maximum Gasteiger partial charge on any atom is 0.251 e. The van der Waals surface area contributed by atoms with Crippen LogP contribution in [-0.2, 0) is 21.4 Å². The van der Waals surface area contributed by atoms with Crippen LogP contribution in [-0.4, -0.2) is 42.1 Å². The Morgan fingerprint density at radius 2 is 1.76 bits per heavy atom. The number of nitrogens with zero attached hydrogens (tertiary/aromatic N) is 2. The number of carbonyl (C=O) groups is 2. The molecule has 0 aliphatic carbocycles. The van der Waals surface area contributed by atoms with Crippen LogP contribution in [0.25, 0.3) is 0 Å². The van der Waals surface area contributed by atoms with Crippen LogP contribution in [0.5, 0.6) is 0 Å². The molecule has 2 amide bonds. The molecule has 0 bridgehead atoms. The van der Waals surface area contributed by atoms with Crippen molar-refractivity contribution in [3.63, 3.8) is 0 Å². The van der Waals surface area contributed by atoms with Crippen LogP contribution in [0.1, 0.15) is 53.7 Å². The second-order valence-corrected chi connectivity index (χ2v) is 11.3. The first-order valence-electron chi connectivity index (χ1n) is 12.1. The van der Waals surface area contributed by atoms with E-state index in [1.54, 1.807) is 36.7 Å². The molecule has 2 aromatic carbocycles. The molecule has 1 aromatic heterocycles. The van der Waals surface area contributed by atoms with Gasteiger partial charge in [0.15, 0.2) is 0 Å². The first-order chi connectivity index (χ1) is 17.8. The van der Waals surface area contributed by atoms with Gasteiger partial charge in [-0.1, -0.05) is 23.7 Å². The number of benzene rings is 2. The Morgan fingerprint density at radius 1 is 1.08 bits per heavy atom. The van der Waals surface area contributed by atoms with Gasteiger partial charge in [-0.2, -0.15) is 4.31 Å². The van der Waals surface area contributed by atoms with E-state index in [-0.39, 0.29) is 29.3 Å². The van der Waals surface area contributed by atoms with Gasteiger partial charge in [-0.3, -0.25) is 14.6 Å². The van der Waals surface area contributed by atoms with Crippen LogP contribution >= 0.6 is 11.6 Å². The van der Waals surface area contributed by atoms with Gasteiger partial charge in [0.05, 0.1) is 10.9 Å². The zero-order chi connectivity index (χ0) is 26.4. The predicted octanol–water partition coefficient (Wildman–Crippen LogP) is 4.09. The third kappa shape index (κ3) is 6.54. The summed E-state index contributed by atoms with van der Waals surface area (Å²) in [6.07, 6.45) is 5.28. The van der Waals surface area contributed by atoms with E-state index >= 15 is 0 Å². The summed E-state index contributed by atoms with van der Waals surface area (Å²) in [5.41, 5.74) is 2.04. The first-order valence-corrected chi connectivity index (χ1v) is 13.9. The highest BCUT2D eigenvalue weighted by Crippen LogP contribution is 2.26. The Labute approximate surface area is 222 Å². The maximum absolute atomic E-state index is 13.7. The van der Waals surface area contributed by atoms with Crippen molar-refractivity contribution in [1.82, 2.24) is 19.9 Å². The summed E-state index contributed by atoms with van der Waals surface area (Å²) in [4.78, 5) is 29.7. The number of rotatable bonds is 8. The molecule has 0 radical (unpaired) electrons. The molecule has 1 aliphatic rings. The summed E-state index contributed by atoms with van der Waals surface area (Å²) in [5.74, 6) is -0.555. The van der Waals surface area contributed by atoms with Gasteiger partial charge < -0.3 is 10.6 Å². The Morgan fingerprint density at radius 3 is 2.43 bits per heavy atom. The monoisotopic (exact) mass is 540 g/mol. The molecule has 10 heteroatoms. The smallest absolute Gasteiger partial charge is 0.251 e. The van der Waals surface area contributed by atoms with Crippen molar-refractivity contribution in [2.24, 2.45) is 0 Å². The van der Waals surface area contributed by atoms with Gasteiger partial charge in [0.25, 0.3) is 5.91 Å². The molecule has 1 unspecified atom stereocenters. The highest BCUT2D eigenvalue weighted by atomic mass is 35.5. The minimum absolute atomic E-state index is 0.0155. The third-order valence-corrected chi connectivity index (χ3v) is 8.50. The molecule has 3 aromatic rings. The lowest BCUT2D eigenvalue weighted by molar-refractivity contribution is -0.124. The molecule has 2 N–H and O–H groups in total. The SMILES string of the molecule is CC(NC(=O)c1ccc(CN([C@@H]2CCCCNC2=O)S(=O)(=O)c2ccc(Cl)cc2)cc1)c1ccncc1. The van der Waals surface area contributed by atoms with Crippen LogP contribution in [0.15, 0.2) is 78.0 Å². The van der Waals surface area contributed by atoms with Gasteiger partial charge in [-0.25, -0.2) is 8.42 Å². The van der Waals surface area contributed by atoms with E-state index in [0.717, 1.165) is 18.4 Å². The van der Waals surface area contributed by atoms with Crippen LogP contribution in [0.4, 0.5) is 0 Å². The average Bonchev–Trinajstić information content (AvgIpc) is 3.12. The lowest BCUT2D eigenvalue weighted by atomic mass is 10.1. The fourth-order valence-electron chi connectivity index (χ4n) is 4.26. The summed E-state index contributed by atoms with van der Waals surface area (Å²) >= 11 is 5.96. The third-order valence-electron chi connectivity index (χ3n) is 6.38. The maximum atomic E-state index is 13.7. The molecule has 2 atom stereocenters. The molecule has 8 nitrogen and oxygen atoms in total. The summed E-state index contributed by atoms with van der Waals surface area (Å²) in [7, 11) is -4.01. The Hall–Kier alpha value is -3.27. The lowest BCUT2D eigenvalue weighted by Gasteiger charge is -2.29. The van der Waals surface area contributed by atoms with Gasteiger partial charge in [0.1, 0.15) is 6.04 Å². The van der Waals surface area contributed by atoms with Crippen LogP contribution in [0.2, 0.25) is 5.02 Å². The zero-order valence-electron chi connectivity index (χ0n) is 20.4. The standard InChI is InChI=1S/C27H29ClN4O4S/c1-19(21-13-16-29-17-14-21)31-26(33)22-7-5-20(6-8-22)18-32(25-4-2-3-15-30-27(25)34)37(35,36)24-11-9-23(28)10-12-24/h5-14,16-17,19,25H,2-4,15,18H2,1H3,(H,30,34)(H,31,33)/t19?,25-/m1/s1. The molecule has 4 rings (SSSR count). The highest BCUT2D eigenvalue weighted by molar-refractivity contribution is 7.89. The van der Waals surface area contributed by atoms with Gasteiger partial charge >= 0.3 is 0 Å². The minimum atomic E-state index is -4.01. The first kappa shape index (κ1) is 26.8. The average molecular weight is 541 g/mol. The molecule has 0 spiro atoms. The highest BCUT2D eigenvalue weighted by Gasteiger charge is 2.36. The quantitative estimate of drug-likeness (QED) is 0.447. The fraction of sp³-hybridized carbons (Fsp3) is 0.296. The minimum Gasteiger partial charge on any atom is -0.355 e. The second kappa shape index (κ2) is 11.9. The number of amides is 2. The van der Waals surface area contributed by atoms with E-state index in [2.05, 4.69) is 15.6 Å². The van der Waals surface area contributed by atoms with Crippen molar-refractivity contribution in [1.29, 1.82) is 0 Å². The van der Waals surface area contributed by atoms with Crippen LogP contribution < -0.4 is 10.6 Å². The molecule has 37 heavy (non-hydrogen) atoms. The van der Waals surface area contributed by atoms with E-state index in [1.165, 1.54) is 28.6 Å². The molecule has 194 valence electrons. The molecule has 1 saturated heterocycles. The molecule has 1 aliphatic heterocycles. The van der Waals surface area contributed by atoms with Crippen molar-refractivity contribution < 1.29 is 18.0 Å². The topological polar surface area (TPSA) is 108 Å². The van der Waals surface area contributed by atoms with Gasteiger partial charge in [-0.05, 0) is 85.8 Å². The lowest BCUT2D eigenvalue weighted by Crippen LogP contribution is -2.48. The van der Waals surface area contributed by atoms with Crippen molar-refractivity contribution in [3.05, 3.63) is 94.8 Å². The number of hydrogen-bond donors (Lipinski definition) is 2. The number of nitrogens with one attached hydrogen (secondary N) is 2. The molecular formula is C27H29ClN4O4S. The van der Waals surface area contributed by atoms with E-state index in [4.69, 9.17) is 11.6 Å². The predicted molar refractivity (Wildman–Crippen MR) is 141 cm³/mol. The molecular weight excluding hydrogens is 512 g/mol. The van der Waals surface area contributed by atoms with Crippen LogP contribution in [0, 0.1) is 0 Å². The van der Waals surface area contributed by atoms with Crippen LogP contribution in [0.3, 0.4) is 0 Å². The van der Waals surface area contributed by atoms with E-state index < -0.39 is 16.1 Å². The number of aromatic nitrogens is 1. The number of hydrogen-bond acceptors (Lipinski definition) is 5. The van der Waals surface area contributed by atoms with E-state index in [1.807, 2.05) is 19.1 Å². The number of pyridine rings is 1. The largest absolute Gasteiger partial charge is 0.355 e. The van der Waals surface area contributed by atoms with Gasteiger partial charge in [0, 0.05) is 36.1 Å². The summed E-state index contributed by atoms with van der Waals surface area (Å²) in [6.45, 7) is 2.39. The molecule has 1 fully saturated rings. The fourth-order valence-corrected chi connectivity index (χ4v) is 5.99. The number of carbonyl (C=O) groups excluding carboxylic acids is 2. The Kier molecular flexibility index (Phi) is 8.58. The van der Waals surface area contributed by atoms with E-state index in [0.29, 0.717) is 29.1 Å². The second-order valence-electron chi connectivity index (χ2n) is 8.98. The molecule has 2 heterocycles. The Balaban J connectivity index is 1.56. The Bertz CT molecular complexity index is 1330. The van der Waals surface area contributed by atoms with Crippen molar-refractivity contribution in [3.8, 4) is 0 Å². The summed E-state index contributed by atoms with van der Waals surface area (Å²) in [6, 6.07) is 15.3. The van der Waals surface area contributed by atoms with Gasteiger partial charge in [-0.15, -0.1) is 0 Å². The van der Waals surface area contributed by atoms with Gasteiger partial charge in [0.2, 0.25) is 15.9 Å². The normalized spacial score (nSPS) is 17.1. The zero-order valence-corrected chi connectivity index (χ0v) is 22.0. The van der Waals surface area contributed by atoms with Crippen molar-refractivity contribution in [2.45, 2.75) is 49.7 Å². The summed E-state index contributed by atoms with van der Waals surface area (Å²) in [5, 5.41) is 6.20. The van der Waals surface area contributed by atoms with Crippen molar-refractivity contribution in [2.75, 3.05) is 6.54 Å². The number of sulfonamides is 1. The molecule has 0 saturated carbocycles. The van der Waals surface area contributed by atoms with E-state index in [9.17, 15) is 18.0 Å².